The van der Waals surface area contributed by atoms with E-state index in [4.69, 9.17) is 21.1 Å². The molecule has 0 radical (unpaired) electrons. The van der Waals surface area contributed by atoms with Crippen LogP contribution in [0.5, 0.6) is 11.5 Å². The maximum Gasteiger partial charge on any atom is 0.338 e. The number of hydrogen-bond acceptors (Lipinski definition) is 7. The molecule has 1 N–H and O–H groups in total. The highest BCUT2D eigenvalue weighted by Gasteiger charge is 2.34. The summed E-state index contributed by atoms with van der Waals surface area (Å²) in [5.74, 6) is -0.258. The van der Waals surface area contributed by atoms with Gasteiger partial charge in [-0.3, -0.25) is 9.36 Å². The van der Waals surface area contributed by atoms with E-state index in [0.717, 1.165) is 0 Å². The molecule has 182 valence electrons. The van der Waals surface area contributed by atoms with Crippen LogP contribution < -0.4 is 19.6 Å². The Labute approximate surface area is 218 Å². The number of phenols is 1. The van der Waals surface area contributed by atoms with Crippen LogP contribution in [0.2, 0.25) is 5.02 Å². The Kier molecular flexibility index (Phi) is 7.49. The maximum absolute atomic E-state index is 13.7. The summed E-state index contributed by atoms with van der Waals surface area (Å²) in [5.41, 5.74) is 1.66. The van der Waals surface area contributed by atoms with Gasteiger partial charge in [0.25, 0.3) is 5.56 Å². The normalized spacial score (nSPS) is 15.6. The van der Waals surface area contributed by atoms with E-state index in [1.165, 1.54) is 15.9 Å². The number of thiazole rings is 1. The fourth-order valence-corrected chi connectivity index (χ4v) is 5.62. The molecule has 0 amide bonds. The van der Waals surface area contributed by atoms with E-state index in [1.807, 2.05) is 6.92 Å². The van der Waals surface area contributed by atoms with Gasteiger partial charge in [-0.25, -0.2) is 9.79 Å². The van der Waals surface area contributed by atoms with Gasteiger partial charge < -0.3 is 14.6 Å². The van der Waals surface area contributed by atoms with Crippen LogP contribution in [0, 0.1) is 0 Å². The zero-order chi connectivity index (χ0) is 25.3. The number of hydrogen-bond donors (Lipinski definition) is 1. The van der Waals surface area contributed by atoms with Crippen LogP contribution in [0.25, 0.3) is 6.08 Å². The highest BCUT2D eigenvalue weighted by Crippen LogP contribution is 2.36. The number of nitrogens with zero attached hydrogens (tertiary/aromatic N) is 2. The molecule has 2 aromatic carbocycles. The topological polar surface area (TPSA) is 90.1 Å². The third kappa shape index (κ3) is 4.80. The molecule has 1 aromatic heterocycles. The molecule has 0 bridgehead atoms. The van der Waals surface area contributed by atoms with Gasteiger partial charge in [0.05, 0.1) is 33.5 Å². The number of rotatable bonds is 6. The van der Waals surface area contributed by atoms with E-state index in [0.29, 0.717) is 48.0 Å². The predicted octanol–water partition coefficient (Wildman–Crippen LogP) is 4.32. The third-order valence-corrected chi connectivity index (χ3v) is 7.30. The van der Waals surface area contributed by atoms with Crippen LogP contribution in [-0.2, 0) is 9.53 Å². The fourth-order valence-electron chi connectivity index (χ4n) is 3.88. The first kappa shape index (κ1) is 25.2. The molecule has 0 spiro atoms. The van der Waals surface area contributed by atoms with Gasteiger partial charge in [0, 0.05) is 5.02 Å². The predicted molar refractivity (Wildman–Crippen MR) is 139 cm³/mol. The number of benzene rings is 2. The molecule has 1 aliphatic rings. The van der Waals surface area contributed by atoms with Crippen molar-refractivity contribution in [3.63, 3.8) is 0 Å². The lowest BCUT2D eigenvalue weighted by Gasteiger charge is -2.25. The molecule has 1 aliphatic heterocycles. The zero-order valence-corrected chi connectivity index (χ0v) is 22.3. The van der Waals surface area contributed by atoms with Gasteiger partial charge in [-0.1, -0.05) is 41.1 Å². The quantitative estimate of drug-likeness (QED) is 0.441. The monoisotopic (exact) mass is 576 g/mol. The number of fused-ring (bicyclic) bond motifs is 1. The molecule has 3 aromatic rings. The molecule has 0 saturated heterocycles. The lowest BCUT2D eigenvalue weighted by Crippen LogP contribution is -2.40. The second-order valence-electron chi connectivity index (χ2n) is 7.61. The molecule has 0 saturated carbocycles. The largest absolute Gasteiger partial charge is 0.503 e. The van der Waals surface area contributed by atoms with Crippen LogP contribution in [0.4, 0.5) is 0 Å². The van der Waals surface area contributed by atoms with E-state index < -0.39 is 12.0 Å². The first-order valence-electron chi connectivity index (χ1n) is 10.9. The number of phenolic OH excluding ortho intramolecular Hbond substituents is 1. The van der Waals surface area contributed by atoms with E-state index in [1.54, 1.807) is 56.3 Å². The summed E-state index contributed by atoms with van der Waals surface area (Å²) in [7, 11) is 0. The van der Waals surface area contributed by atoms with Crippen molar-refractivity contribution in [3.8, 4) is 11.5 Å². The SMILES string of the molecule is CCOC(=O)C1=C(C)N=c2s/c(=C\c3cc(Br)c(O)c(OCC)c3)c(=O)n2[C@H]1c1ccccc1Cl. The molecule has 2 heterocycles. The summed E-state index contributed by atoms with van der Waals surface area (Å²) in [6, 6.07) is 9.65. The molecule has 0 aliphatic carbocycles. The van der Waals surface area contributed by atoms with Crippen molar-refractivity contribution in [2.75, 3.05) is 13.2 Å². The number of halogens is 2. The summed E-state index contributed by atoms with van der Waals surface area (Å²) in [4.78, 5) is 31.6. The number of esters is 1. The van der Waals surface area contributed by atoms with Gasteiger partial charge in [0.15, 0.2) is 16.3 Å². The fraction of sp³-hybridized carbons (Fsp3) is 0.240. The second kappa shape index (κ2) is 10.4. The van der Waals surface area contributed by atoms with E-state index >= 15 is 0 Å². The van der Waals surface area contributed by atoms with Crippen LogP contribution in [0.15, 0.2) is 61.9 Å². The van der Waals surface area contributed by atoms with E-state index in [2.05, 4.69) is 20.9 Å². The van der Waals surface area contributed by atoms with Crippen molar-refractivity contribution < 1.29 is 19.4 Å². The van der Waals surface area contributed by atoms with Crippen molar-refractivity contribution in [3.05, 3.63) is 88.0 Å². The van der Waals surface area contributed by atoms with Crippen molar-refractivity contribution in [2.45, 2.75) is 26.8 Å². The number of aromatic nitrogens is 1. The van der Waals surface area contributed by atoms with Crippen LogP contribution in [0.3, 0.4) is 0 Å². The average molecular weight is 578 g/mol. The lowest BCUT2D eigenvalue weighted by atomic mass is 9.96. The molecule has 10 heteroatoms. The summed E-state index contributed by atoms with van der Waals surface area (Å²) in [6.45, 7) is 5.82. The summed E-state index contributed by atoms with van der Waals surface area (Å²) >= 11 is 11.0. The Morgan fingerprint density at radius 2 is 2.03 bits per heavy atom. The Bertz CT molecular complexity index is 1530. The molecule has 0 unspecified atom stereocenters. The van der Waals surface area contributed by atoms with Gasteiger partial charge in [0.2, 0.25) is 0 Å². The molecule has 4 rings (SSSR count). The van der Waals surface area contributed by atoms with Crippen LogP contribution in [0.1, 0.15) is 37.9 Å². The van der Waals surface area contributed by atoms with Gasteiger partial charge in [-0.05, 0) is 72.1 Å². The summed E-state index contributed by atoms with van der Waals surface area (Å²) < 4.78 is 13.1. The molecule has 1 atom stereocenters. The summed E-state index contributed by atoms with van der Waals surface area (Å²) in [6.07, 6.45) is 1.70. The smallest absolute Gasteiger partial charge is 0.338 e. The highest BCUT2D eigenvalue weighted by atomic mass is 79.9. The number of aromatic hydroxyl groups is 1. The van der Waals surface area contributed by atoms with Crippen molar-refractivity contribution in [1.29, 1.82) is 0 Å². The van der Waals surface area contributed by atoms with Crippen LogP contribution >= 0.6 is 38.9 Å². The van der Waals surface area contributed by atoms with Gasteiger partial charge in [0.1, 0.15) is 6.04 Å². The van der Waals surface area contributed by atoms with Gasteiger partial charge in [-0.15, -0.1) is 0 Å². The Hall–Kier alpha value is -2.88. The standard InChI is InChI=1S/C25H22BrClN2O5S/c1-4-33-18-11-14(10-16(26)22(18)30)12-19-23(31)29-21(15-8-6-7-9-17(15)27)20(24(32)34-5-2)13(3)28-25(29)35-19/h6-12,21,30H,4-5H2,1-3H3/b19-12-/t21-/m0/s1. The minimum Gasteiger partial charge on any atom is -0.503 e. The number of allylic oxidation sites excluding steroid dienone is 1. The second-order valence-corrected chi connectivity index (χ2v) is 9.88. The molecular weight excluding hydrogens is 556 g/mol. The minimum atomic E-state index is -0.785. The zero-order valence-electron chi connectivity index (χ0n) is 19.2. The molecular formula is C25H22BrClN2O5S. The van der Waals surface area contributed by atoms with Crippen molar-refractivity contribution in [2.24, 2.45) is 4.99 Å². The summed E-state index contributed by atoms with van der Waals surface area (Å²) in [5, 5.41) is 10.6. The molecule has 35 heavy (non-hydrogen) atoms. The maximum atomic E-state index is 13.7. The van der Waals surface area contributed by atoms with E-state index in [-0.39, 0.29) is 23.5 Å². The average Bonchev–Trinajstić information content (AvgIpc) is 3.11. The first-order chi connectivity index (χ1) is 16.8. The molecule has 7 nitrogen and oxygen atoms in total. The van der Waals surface area contributed by atoms with Gasteiger partial charge >= 0.3 is 5.97 Å². The highest BCUT2D eigenvalue weighted by molar-refractivity contribution is 9.10. The number of carbonyl (C=O) groups is 1. The molecule has 0 fully saturated rings. The minimum absolute atomic E-state index is 0.0149. The Balaban J connectivity index is 1.96. The lowest BCUT2D eigenvalue weighted by molar-refractivity contribution is -0.139. The van der Waals surface area contributed by atoms with E-state index in [9.17, 15) is 14.7 Å². The van der Waals surface area contributed by atoms with Crippen LogP contribution in [-0.4, -0.2) is 28.9 Å². The van der Waals surface area contributed by atoms with Crippen molar-refractivity contribution >= 4 is 50.9 Å². The van der Waals surface area contributed by atoms with Gasteiger partial charge in [-0.2, -0.15) is 0 Å². The Morgan fingerprint density at radius 1 is 1.29 bits per heavy atom. The number of carbonyl (C=O) groups excluding carboxylic acids is 1. The Morgan fingerprint density at radius 3 is 2.71 bits per heavy atom. The third-order valence-electron chi connectivity index (χ3n) is 5.37. The number of ether oxygens (including phenoxy) is 2. The first-order valence-corrected chi connectivity index (χ1v) is 12.8. The van der Waals surface area contributed by atoms with Crippen molar-refractivity contribution in [1.82, 2.24) is 4.57 Å².